The van der Waals surface area contributed by atoms with Crippen LogP contribution >= 0.6 is 11.3 Å². The van der Waals surface area contributed by atoms with Crippen LogP contribution in [0.5, 0.6) is 0 Å². The molecule has 0 radical (unpaired) electrons. The van der Waals surface area contributed by atoms with Crippen LogP contribution in [0.3, 0.4) is 0 Å². The second kappa shape index (κ2) is 6.87. The van der Waals surface area contributed by atoms with Crippen molar-refractivity contribution in [1.82, 2.24) is 9.21 Å². The first-order valence-corrected chi connectivity index (χ1v) is 9.15. The van der Waals surface area contributed by atoms with Gasteiger partial charge in [-0.05, 0) is 30.2 Å². The monoisotopic (exact) mass is 332 g/mol. The number of nitrogens with zero attached hydrogens (tertiary/aromatic N) is 2. The summed E-state index contributed by atoms with van der Waals surface area (Å²) < 4.78 is 25.8. The van der Waals surface area contributed by atoms with Crippen molar-refractivity contribution in [1.29, 1.82) is 0 Å². The zero-order valence-corrected chi connectivity index (χ0v) is 13.6. The third-order valence-corrected chi connectivity index (χ3v) is 6.92. The summed E-state index contributed by atoms with van der Waals surface area (Å²) in [6.45, 7) is 1.16. The Morgan fingerprint density at radius 1 is 1.48 bits per heavy atom. The molecule has 6 nitrogen and oxygen atoms in total. The van der Waals surface area contributed by atoms with Crippen LogP contribution in [0.1, 0.15) is 12.8 Å². The first-order chi connectivity index (χ1) is 9.95. The Balaban J connectivity index is 1.94. The van der Waals surface area contributed by atoms with Crippen LogP contribution in [0.2, 0.25) is 0 Å². The molecule has 2 rings (SSSR count). The van der Waals surface area contributed by atoms with E-state index in [1.807, 2.05) is 0 Å². The summed E-state index contributed by atoms with van der Waals surface area (Å²) in [5.41, 5.74) is 0. The van der Waals surface area contributed by atoms with E-state index in [4.69, 9.17) is 5.11 Å². The predicted molar refractivity (Wildman–Crippen MR) is 80.5 cm³/mol. The molecule has 0 atom stereocenters. The Morgan fingerprint density at radius 3 is 2.67 bits per heavy atom. The number of aliphatic hydroxyl groups is 1. The quantitative estimate of drug-likeness (QED) is 0.856. The molecule has 1 aromatic rings. The number of hydrogen-bond acceptors (Lipinski definition) is 5. The number of thiophene rings is 1. The van der Waals surface area contributed by atoms with E-state index in [1.165, 1.54) is 13.1 Å². The first kappa shape index (κ1) is 16.4. The Bertz CT molecular complexity index is 563. The molecule has 8 heteroatoms. The van der Waals surface area contributed by atoms with Crippen LogP contribution in [-0.4, -0.2) is 61.9 Å². The first-order valence-electron chi connectivity index (χ1n) is 6.83. The Kier molecular flexibility index (Phi) is 5.37. The van der Waals surface area contributed by atoms with Crippen LogP contribution in [0.15, 0.2) is 21.7 Å². The average Bonchev–Trinajstić information content (AvgIpc) is 3.02. The van der Waals surface area contributed by atoms with Gasteiger partial charge in [0.2, 0.25) is 5.91 Å². The molecule has 1 amide bonds. The minimum atomic E-state index is -3.58. The molecule has 0 spiro atoms. The summed E-state index contributed by atoms with van der Waals surface area (Å²) in [7, 11) is -2.16. The number of rotatable bonds is 5. The molecule has 2 heterocycles. The van der Waals surface area contributed by atoms with E-state index in [9.17, 15) is 13.2 Å². The maximum Gasteiger partial charge on any atom is 0.252 e. The van der Waals surface area contributed by atoms with Gasteiger partial charge in [0.25, 0.3) is 10.0 Å². The molecule has 1 aromatic heterocycles. The molecule has 0 saturated carbocycles. The number of aliphatic hydroxyl groups excluding tert-OH is 1. The lowest BCUT2D eigenvalue weighted by Crippen LogP contribution is -2.44. The topological polar surface area (TPSA) is 77.9 Å². The standard InChI is InChI=1S/C13H20N2O4S2/c1-14(21(18,19)13-3-2-8-20-13)9-12(17)15-6-4-11(10-16)5-7-15/h2-3,8,11,16H,4-7,9-10H2,1H3. The van der Waals surface area contributed by atoms with Gasteiger partial charge in [0, 0.05) is 26.7 Å². The molecule has 1 saturated heterocycles. The summed E-state index contributed by atoms with van der Waals surface area (Å²) in [4.78, 5) is 13.9. The van der Waals surface area contributed by atoms with Gasteiger partial charge in [0.15, 0.2) is 0 Å². The van der Waals surface area contributed by atoms with Gasteiger partial charge in [-0.15, -0.1) is 11.3 Å². The fraction of sp³-hybridized carbons (Fsp3) is 0.615. The van der Waals surface area contributed by atoms with E-state index in [0.29, 0.717) is 13.1 Å². The summed E-state index contributed by atoms with van der Waals surface area (Å²) in [6, 6.07) is 3.21. The molecule has 0 bridgehead atoms. The SMILES string of the molecule is CN(CC(=O)N1CCC(CO)CC1)S(=O)(=O)c1cccs1. The van der Waals surface area contributed by atoms with Gasteiger partial charge in [0.05, 0.1) is 6.54 Å². The fourth-order valence-electron chi connectivity index (χ4n) is 2.30. The van der Waals surface area contributed by atoms with Crippen LogP contribution in [0.25, 0.3) is 0 Å². The third kappa shape index (κ3) is 3.82. The number of carbonyl (C=O) groups excluding carboxylic acids is 1. The van der Waals surface area contributed by atoms with Crippen molar-refractivity contribution >= 4 is 27.3 Å². The molecule has 0 aromatic carbocycles. The maximum absolute atomic E-state index is 12.2. The molecule has 118 valence electrons. The number of likely N-dealkylation sites (tertiary alicyclic amines) is 1. The van der Waals surface area contributed by atoms with Crippen molar-refractivity contribution in [3.8, 4) is 0 Å². The van der Waals surface area contributed by atoms with Crippen LogP contribution in [0, 0.1) is 5.92 Å². The van der Waals surface area contributed by atoms with Gasteiger partial charge < -0.3 is 10.0 Å². The van der Waals surface area contributed by atoms with Gasteiger partial charge in [0.1, 0.15) is 4.21 Å². The van der Waals surface area contributed by atoms with E-state index in [-0.39, 0.29) is 29.2 Å². The highest BCUT2D eigenvalue weighted by atomic mass is 32.2. The maximum atomic E-state index is 12.2. The van der Waals surface area contributed by atoms with E-state index in [0.717, 1.165) is 28.5 Å². The van der Waals surface area contributed by atoms with Crippen molar-refractivity contribution in [3.63, 3.8) is 0 Å². The van der Waals surface area contributed by atoms with E-state index >= 15 is 0 Å². The molecule has 1 aliphatic heterocycles. The van der Waals surface area contributed by atoms with Gasteiger partial charge >= 0.3 is 0 Å². The Hall–Kier alpha value is -0.960. The second-order valence-corrected chi connectivity index (χ2v) is 8.42. The largest absolute Gasteiger partial charge is 0.396 e. The van der Waals surface area contributed by atoms with Crippen LogP contribution in [-0.2, 0) is 14.8 Å². The normalized spacial score (nSPS) is 17.4. The van der Waals surface area contributed by atoms with Gasteiger partial charge in [-0.3, -0.25) is 4.79 Å². The summed E-state index contributed by atoms with van der Waals surface area (Å²) in [6.07, 6.45) is 1.53. The molecule has 0 aliphatic carbocycles. The Morgan fingerprint density at radius 2 is 2.14 bits per heavy atom. The highest BCUT2D eigenvalue weighted by Gasteiger charge is 2.27. The van der Waals surface area contributed by atoms with Gasteiger partial charge in [-0.1, -0.05) is 6.07 Å². The van der Waals surface area contributed by atoms with E-state index < -0.39 is 10.0 Å². The van der Waals surface area contributed by atoms with Gasteiger partial charge in [-0.25, -0.2) is 8.42 Å². The van der Waals surface area contributed by atoms with Crippen LogP contribution < -0.4 is 0 Å². The number of amides is 1. The minimum absolute atomic E-state index is 0.148. The summed E-state index contributed by atoms with van der Waals surface area (Å²) in [5.74, 6) is 0.0654. The number of sulfonamides is 1. The van der Waals surface area contributed by atoms with Crippen LogP contribution in [0.4, 0.5) is 0 Å². The van der Waals surface area contributed by atoms with Crippen molar-refractivity contribution in [2.75, 3.05) is 33.3 Å². The van der Waals surface area contributed by atoms with Crippen molar-refractivity contribution < 1.29 is 18.3 Å². The minimum Gasteiger partial charge on any atom is -0.396 e. The summed E-state index contributed by atoms with van der Waals surface area (Å²) >= 11 is 1.14. The molecule has 1 N–H and O–H groups in total. The zero-order valence-electron chi connectivity index (χ0n) is 11.9. The smallest absolute Gasteiger partial charge is 0.252 e. The molecular weight excluding hydrogens is 312 g/mol. The van der Waals surface area contributed by atoms with Crippen molar-refractivity contribution in [2.45, 2.75) is 17.1 Å². The zero-order chi connectivity index (χ0) is 15.5. The lowest BCUT2D eigenvalue weighted by atomic mass is 9.98. The highest BCUT2D eigenvalue weighted by molar-refractivity contribution is 7.91. The number of piperidine rings is 1. The molecule has 1 aliphatic rings. The Labute approximate surface area is 129 Å². The third-order valence-electron chi connectivity index (χ3n) is 3.74. The fourth-order valence-corrected chi connectivity index (χ4v) is 4.63. The number of likely N-dealkylation sites (N-methyl/N-ethyl adjacent to an activating group) is 1. The number of hydrogen-bond donors (Lipinski definition) is 1. The molecule has 1 fully saturated rings. The molecule has 21 heavy (non-hydrogen) atoms. The lowest BCUT2D eigenvalue weighted by Gasteiger charge is -2.32. The summed E-state index contributed by atoms with van der Waals surface area (Å²) in [5, 5.41) is 10.8. The molecular formula is C13H20N2O4S2. The molecule has 0 unspecified atom stereocenters. The average molecular weight is 332 g/mol. The highest BCUT2D eigenvalue weighted by Crippen LogP contribution is 2.21. The van der Waals surface area contributed by atoms with Crippen molar-refractivity contribution in [2.24, 2.45) is 5.92 Å². The number of carbonyl (C=O) groups is 1. The second-order valence-electron chi connectivity index (χ2n) is 5.20. The van der Waals surface area contributed by atoms with E-state index in [1.54, 1.807) is 16.3 Å². The van der Waals surface area contributed by atoms with Gasteiger partial charge in [-0.2, -0.15) is 4.31 Å². The van der Waals surface area contributed by atoms with Crippen molar-refractivity contribution in [3.05, 3.63) is 17.5 Å². The van der Waals surface area contributed by atoms with E-state index in [2.05, 4.69) is 0 Å². The predicted octanol–water partition coefficient (Wildman–Crippen LogP) is 0.600. The lowest BCUT2D eigenvalue weighted by molar-refractivity contribution is -0.132.